The molecule has 0 aromatic carbocycles. The van der Waals surface area contributed by atoms with Crippen LogP contribution < -0.4 is 11.1 Å². The maximum absolute atomic E-state index is 12.7. The molecule has 0 bridgehead atoms. The number of hydrogen-bond acceptors (Lipinski definition) is 4. The second kappa shape index (κ2) is 8.12. The fourth-order valence-electron chi connectivity index (χ4n) is 3.55. The van der Waals surface area contributed by atoms with Gasteiger partial charge in [0.15, 0.2) is 0 Å². The first-order valence-electron chi connectivity index (χ1n) is 8.71. The summed E-state index contributed by atoms with van der Waals surface area (Å²) in [5.41, 5.74) is 7.23. The molecule has 0 radical (unpaired) electrons. The Morgan fingerprint density at radius 1 is 1.42 bits per heavy atom. The Morgan fingerprint density at radius 2 is 2.12 bits per heavy atom. The van der Waals surface area contributed by atoms with Gasteiger partial charge in [0.05, 0.1) is 5.56 Å². The Bertz CT molecular complexity index is 597. The Morgan fingerprint density at radius 3 is 2.71 bits per heavy atom. The molecule has 1 aliphatic rings. The van der Waals surface area contributed by atoms with Crippen molar-refractivity contribution < 1.29 is 9.59 Å². The molecular weight excluding hydrogens is 322 g/mol. The third-order valence-corrected chi connectivity index (χ3v) is 5.94. The van der Waals surface area contributed by atoms with Crippen LogP contribution in [0.1, 0.15) is 48.0 Å². The molecule has 0 saturated carbocycles. The number of nitrogens with two attached hydrogens (primary N) is 1. The Labute approximate surface area is 148 Å². The number of primary amides is 1. The summed E-state index contributed by atoms with van der Waals surface area (Å²) in [6.45, 7) is 10.9. The van der Waals surface area contributed by atoms with Crippen molar-refractivity contribution in [2.45, 2.75) is 46.6 Å². The highest BCUT2D eigenvalue weighted by atomic mass is 32.1. The number of hydrogen-bond donors (Lipinski definition) is 2. The van der Waals surface area contributed by atoms with Crippen LogP contribution in [-0.4, -0.2) is 42.4 Å². The van der Waals surface area contributed by atoms with E-state index in [0.29, 0.717) is 24.8 Å². The maximum atomic E-state index is 12.7. The highest BCUT2D eigenvalue weighted by molar-refractivity contribution is 7.10. The number of nitrogens with one attached hydrogen (secondary N) is 1. The van der Waals surface area contributed by atoms with E-state index in [1.54, 1.807) is 11.3 Å². The number of amides is 2. The molecule has 5 nitrogen and oxygen atoms in total. The lowest BCUT2D eigenvalue weighted by Gasteiger charge is -2.23. The van der Waals surface area contributed by atoms with Crippen LogP contribution in [0.2, 0.25) is 0 Å². The number of thiophene rings is 1. The molecule has 1 saturated heterocycles. The van der Waals surface area contributed by atoms with Gasteiger partial charge in [0.25, 0.3) is 5.91 Å². The molecule has 3 N–H and O–H groups in total. The third-order valence-electron chi connectivity index (χ3n) is 4.99. The molecule has 0 spiro atoms. The maximum Gasteiger partial charge on any atom is 0.252 e. The monoisotopic (exact) mass is 351 g/mol. The van der Waals surface area contributed by atoms with Crippen LogP contribution in [-0.2, 0) is 11.2 Å². The average Bonchev–Trinajstić information content (AvgIpc) is 3.08. The number of likely N-dealkylation sites (tertiary alicyclic amines) is 1. The van der Waals surface area contributed by atoms with Crippen molar-refractivity contribution in [3.05, 3.63) is 21.4 Å². The molecule has 0 unspecified atom stereocenters. The Kier molecular flexibility index (Phi) is 6.40. The predicted molar refractivity (Wildman–Crippen MR) is 98.3 cm³/mol. The largest absolute Gasteiger partial charge is 0.370 e. The molecule has 2 heterocycles. The molecule has 1 aromatic rings. The standard InChI is InChI=1S/C18H29N3O2S/c1-5-13-12(4)24-10-15(13)18(23)20-16-9-21(7-6-17(19)22)8-14(16)11(2)3/h10-11,14,16H,5-9H2,1-4H3,(H2,19,22)(H,20,23)/t14-,16+/m0/s1. The van der Waals surface area contributed by atoms with E-state index in [-0.39, 0.29) is 17.9 Å². The van der Waals surface area contributed by atoms with E-state index in [4.69, 9.17) is 5.73 Å². The minimum Gasteiger partial charge on any atom is -0.370 e. The van der Waals surface area contributed by atoms with Crippen molar-refractivity contribution >= 4 is 23.2 Å². The minimum atomic E-state index is -0.273. The van der Waals surface area contributed by atoms with Gasteiger partial charge in [0.1, 0.15) is 0 Å². The second-order valence-corrected chi connectivity index (χ2v) is 8.09. The van der Waals surface area contributed by atoms with Crippen molar-refractivity contribution in [1.82, 2.24) is 10.2 Å². The lowest BCUT2D eigenvalue weighted by atomic mass is 9.91. The van der Waals surface area contributed by atoms with Gasteiger partial charge in [-0.2, -0.15) is 0 Å². The number of rotatable bonds is 7. The lowest BCUT2D eigenvalue weighted by Crippen LogP contribution is -2.42. The molecule has 6 heteroatoms. The van der Waals surface area contributed by atoms with Gasteiger partial charge in [-0.25, -0.2) is 0 Å². The van der Waals surface area contributed by atoms with Gasteiger partial charge in [-0.05, 0) is 30.7 Å². The van der Waals surface area contributed by atoms with Crippen LogP contribution in [0.15, 0.2) is 5.38 Å². The fraction of sp³-hybridized carbons (Fsp3) is 0.667. The highest BCUT2D eigenvalue weighted by Gasteiger charge is 2.35. The molecule has 134 valence electrons. The molecule has 2 rings (SSSR count). The van der Waals surface area contributed by atoms with Gasteiger partial charge in [-0.15, -0.1) is 11.3 Å². The van der Waals surface area contributed by atoms with E-state index in [1.165, 1.54) is 4.88 Å². The summed E-state index contributed by atoms with van der Waals surface area (Å²) in [6, 6.07) is 0.121. The van der Waals surface area contributed by atoms with Crippen molar-refractivity contribution in [2.24, 2.45) is 17.6 Å². The summed E-state index contributed by atoms with van der Waals surface area (Å²) < 4.78 is 0. The van der Waals surface area contributed by atoms with E-state index >= 15 is 0 Å². The quantitative estimate of drug-likeness (QED) is 0.790. The summed E-state index contributed by atoms with van der Waals surface area (Å²) >= 11 is 1.64. The van der Waals surface area contributed by atoms with Gasteiger partial charge in [0, 0.05) is 42.4 Å². The van der Waals surface area contributed by atoms with Gasteiger partial charge < -0.3 is 16.0 Å². The van der Waals surface area contributed by atoms with Crippen LogP contribution >= 0.6 is 11.3 Å². The van der Waals surface area contributed by atoms with E-state index in [1.807, 2.05) is 5.38 Å². The van der Waals surface area contributed by atoms with Crippen LogP contribution in [0.3, 0.4) is 0 Å². The Balaban J connectivity index is 2.05. The summed E-state index contributed by atoms with van der Waals surface area (Å²) in [4.78, 5) is 27.2. The first-order chi connectivity index (χ1) is 11.3. The molecule has 2 amide bonds. The highest BCUT2D eigenvalue weighted by Crippen LogP contribution is 2.26. The van der Waals surface area contributed by atoms with E-state index in [2.05, 4.69) is 37.9 Å². The number of aryl methyl sites for hydroxylation is 1. The smallest absolute Gasteiger partial charge is 0.252 e. The van der Waals surface area contributed by atoms with Crippen LogP contribution in [0, 0.1) is 18.8 Å². The lowest BCUT2D eigenvalue weighted by molar-refractivity contribution is -0.118. The molecule has 2 atom stereocenters. The van der Waals surface area contributed by atoms with Gasteiger partial charge >= 0.3 is 0 Å². The van der Waals surface area contributed by atoms with Crippen molar-refractivity contribution in [1.29, 1.82) is 0 Å². The van der Waals surface area contributed by atoms with E-state index in [9.17, 15) is 9.59 Å². The van der Waals surface area contributed by atoms with Gasteiger partial charge in [-0.1, -0.05) is 20.8 Å². The Hall–Kier alpha value is -1.40. The molecule has 24 heavy (non-hydrogen) atoms. The number of carbonyl (C=O) groups is 2. The normalized spacial score (nSPS) is 21.4. The summed E-state index contributed by atoms with van der Waals surface area (Å²) in [5, 5.41) is 5.21. The molecule has 0 aliphatic carbocycles. The van der Waals surface area contributed by atoms with Crippen molar-refractivity contribution in [3.8, 4) is 0 Å². The van der Waals surface area contributed by atoms with Crippen molar-refractivity contribution in [2.75, 3.05) is 19.6 Å². The molecular formula is C18H29N3O2S. The van der Waals surface area contributed by atoms with E-state index in [0.717, 1.165) is 30.6 Å². The summed E-state index contributed by atoms with van der Waals surface area (Å²) in [6.07, 6.45) is 1.25. The van der Waals surface area contributed by atoms with Crippen LogP contribution in [0.4, 0.5) is 0 Å². The van der Waals surface area contributed by atoms with Crippen LogP contribution in [0.5, 0.6) is 0 Å². The topological polar surface area (TPSA) is 75.4 Å². The zero-order chi connectivity index (χ0) is 17.9. The zero-order valence-corrected chi connectivity index (χ0v) is 15.9. The second-order valence-electron chi connectivity index (χ2n) is 7.00. The fourth-order valence-corrected chi connectivity index (χ4v) is 4.49. The first-order valence-corrected chi connectivity index (χ1v) is 9.59. The molecule has 1 aliphatic heterocycles. The van der Waals surface area contributed by atoms with Gasteiger partial charge in [-0.3, -0.25) is 9.59 Å². The van der Waals surface area contributed by atoms with E-state index < -0.39 is 0 Å². The third kappa shape index (κ3) is 4.36. The summed E-state index contributed by atoms with van der Waals surface area (Å²) in [5.74, 6) is 0.629. The average molecular weight is 352 g/mol. The molecule has 1 aromatic heterocycles. The SMILES string of the molecule is CCc1c(C(=O)N[C@@H]2CN(CCC(N)=O)C[C@H]2C(C)C)csc1C. The minimum absolute atomic E-state index is 0.0311. The zero-order valence-electron chi connectivity index (χ0n) is 15.1. The molecule has 1 fully saturated rings. The van der Waals surface area contributed by atoms with Crippen LogP contribution in [0.25, 0.3) is 0 Å². The number of carbonyl (C=O) groups excluding carboxylic acids is 2. The first kappa shape index (κ1) is 18.9. The summed E-state index contributed by atoms with van der Waals surface area (Å²) in [7, 11) is 0. The number of nitrogens with zero attached hydrogens (tertiary/aromatic N) is 1. The van der Waals surface area contributed by atoms with Gasteiger partial charge in [0.2, 0.25) is 5.91 Å². The predicted octanol–water partition coefficient (Wildman–Crippen LogP) is 2.18. The van der Waals surface area contributed by atoms with Crippen molar-refractivity contribution in [3.63, 3.8) is 0 Å².